The van der Waals surface area contributed by atoms with Gasteiger partial charge in [0.15, 0.2) is 0 Å². The Labute approximate surface area is 251 Å². The summed E-state index contributed by atoms with van der Waals surface area (Å²) in [5.74, 6) is 2.16. The van der Waals surface area contributed by atoms with Crippen LogP contribution in [-0.2, 0) is 20.8 Å². The van der Waals surface area contributed by atoms with Crippen LogP contribution in [0.5, 0.6) is 11.5 Å². The van der Waals surface area contributed by atoms with E-state index in [0.717, 1.165) is 61.7 Å². The molecule has 0 spiro atoms. The van der Waals surface area contributed by atoms with Crippen molar-refractivity contribution < 1.29 is 28.5 Å². The molecule has 1 N–H and O–H groups in total. The van der Waals surface area contributed by atoms with Crippen molar-refractivity contribution in [1.29, 1.82) is 0 Å². The third kappa shape index (κ3) is 8.52. The van der Waals surface area contributed by atoms with Crippen LogP contribution >= 0.6 is 0 Å². The lowest BCUT2D eigenvalue weighted by Crippen LogP contribution is -2.49. The summed E-state index contributed by atoms with van der Waals surface area (Å²) in [6, 6.07) is 14.9. The van der Waals surface area contributed by atoms with Gasteiger partial charge in [0.05, 0.1) is 32.1 Å². The number of methoxy groups -OCH3 is 2. The van der Waals surface area contributed by atoms with Crippen molar-refractivity contribution in [1.82, 2.24) is 10.2 Å². The summed E-state index contributed by atoms with van der Waals surface area (Å²) in [6.45, 7) is 8.67. The van der Waals surface area contributed by atoms with Gasteiger partial charge >= 0.3 is 6.09 Å². The number of piperidine rings is 1. The molecule has 4 atom stereocenters. The van der Waals surface area contributed by atoms with Gasteiger partial charge in [-0.05, 0) is 54.2 Å². The molecule has 2 heterocycles. The van der Waals surface area contributed by atoms with E-state index in [1.807, 2.05) is 12.1 Å². The molecular weight excluding hydrogens is 534 g/mol. The van der Waals surface area contributed by atoms with E-state index in [0.29, 0.717) is 19.8 Å². The molecule has 0 bridgehead atoms. The molecule has 1 saturated heterocycles. The number of nitrogens with one attached hydrogen (secondary N) is 1. The zero-order valence-corrected chi connectivity index (χ0v) is 26.1. The summed E-state index contributed by atoms with van der Waals surface area (Å²) < 4.78 is 29.1. The topological polar surface area (TPSA) is 81.7 Å². The average molecular weight is 584 g/mol. The molecule has 232 valence electrons. The molecule has 0 aliphatic carbocycles. The summed E-state index contributed by atoms with van der Waals surface area (Å²) in [4.78, 5) is 16.2. The third-order valence-electron chi connectivity index (χ3n) is 8.24. The molecule has 0 saturated carbocycles. The lowest BCUT2D eigenvalue weighted by molar-refractivity contribution is -0.00709. The first-order valence-corrected chi connectivity index (χ1v) is 15.2. The minimum atomic E-state index is -0.301. The van der Waals surface area contributed by atoms with Crippen molar-refractivity contribution >= 4 is 11.8 Å². The van der Waals surface area contributed by atoms with Gasteiger partial charge in [0.1, 0.15) is 24.2 Å². The van der Waals surface area contributed by atoms with Crippen molar-refractivity contribution in [3.63, 3.8) is 0 Å². The number of rotatable bonds is 13. The van der Waals surface area contributed by atoms with Crippen LogP contribution in [0.2, 0.25) is 0 Å². The molecule has 0 aromatic heterocycles. The number of hydrogen-bond donors (Lipinski definition) is 1. The highest BCUT2D eigenvalue weighted by atomic mass is 16.6. The molecule has 1 fully saturated rings. The Hall–Kier alpha value is -3.01. The van der Waals surface area contributed by atoms with Crippen molar-refractivity contribution in [2.75, 3.05) is 66.1 Å². The van der Waals surface area contributed by atoms with Crippen LogP contribution in [0.15, 0.2) is 42.5 Å². The SMILES string of the molecule is COCCCN1CCOc2ccc(CO[C@H]3CN[C@@H](CC(OC(=O)N(C)C)C(C)C)C[C@@H]3c3ccc(OC)cc3)cc21. The summed E-state index contributed by atoms with van der Waals surface area (Å²) in [6.07, 6.45) is 2.12. The van der Waals surface area contributed by atoms with Crippen molar-refractivity contribution in [3.05, 3.63) is 53.6 Å². The number of carbonyl (C=O) groups excluding carboxylic acids is 1. The van der Waals surface area contributed by atoms with E-state index >= 15 is 0 Å². The molecule has 9 nitrogen and oxygen atoms in total. The van der Waals surface area contributed by atoms with E-state index in [-0.39, 0.29) is 36.2 Å². The van der Waals surface area contributed by atoms with E-state index in [1.54, 1.807) is 28.3 Å². The van der Waals surface area contributed by atoms with Crippen LogP contribution in [-0.4, -0.2) is 90.4 Å². The number of carbonyl (C=O) groups is 1. The van der Waals surface area contributed by atoms with Crippen LogP contribution in [0.25, 0.3) is 0 Å². The Bertz CT molecular complexity index is 1130. The smallest absolute Gasteiger partial charge is 0.409 e. The monoisotopic (exact) mass is 583 g/mol. The van der Waals surface area contributed by atoms with E-state index in [2.05, 4.69) is 54.4 Å². The maximum Gasteiger partial charge on any atom is 0.409 e. The lowest BCUT2D eigenvalue weighted by atomic mass is 9.81. The first kappa shape index (κ1) is 31.9. The molecular formula is C33H49N3O6. The summed E-state index contributed by atoms with van der Waals surface area (Å²) in [5.41, 5.74) is 3.47. The number of amides is 1. The molecule has 2 aromatic rings. The molecule has 1 amide bonds. The van der Waals surface area contributed by atoms with Gasteiger partial charge in [0, 0.05) is 59.3 Å². The summed E-state index contributed by atoms with van der Waals surface area (Å²) >= 11 is 0. The highest BCUT2D eigenvalue weighted by Crippen LogP contribution is 2.36. The Morgan fingerprint density at radius 3 is 2.62 bits per heavy atom. The Balaban J connectivity index is 1.46. The standard InChI is InChI=1S/C33H49N3O6/c1-23(2)31(42-33(37)35(3)4)20-26-19-28(25-9-11-27(39-6)12-10-25)32(21-34-26)41-22-24-8-13-30-29(18-24)36(15-17-40-30)14-7-16-38-5/h8-13,18,23,26,28,31-32,34H,7,14-17,19-22H2,1-6H3/t26-,28-,31?,32+/m1/s1. The first-order valence-electron chi connectivity index (χ1n) is 15.2. The number of nitrogens with zero attached hydrogens (tertiary/aromatic N) is 2. The van der Waals surface area contributed by atoms with Gasteiger partial charge < -0.3 is 38.8 Å². The maximum absolute atomic E-state index is 12.3. The van der Waals surface area contributed by atoms with Gasteiger partial charge in [0.25, 0.3) is 0 Å². The molecule has 1 unspecified atom stereocenters. The molecule has 4 rings (SSSR count). The fourth-order valence-corrected chi connectivity index (χ4v) is 5.74. The quantitative estimate of drug-likeness (QED) is 0.327. The Kier molecular flexibility index (Phi) is 11.7. The molecule has 2 aromatic carbocycles. The first-order chi connectivity index (χ1) is 20.3. The van der Waals surface area contributed by atoms with E-state index in [1.165, 1.54) is 10.5 Å². The Morgan fingerprint density at radius 1 is 1.14 bits per heavy atom. The van der Waals surface area contributed by atoms with Crippen LogP contribution in [0, 0.1) is 5.92 Å². The largest absolute Gasteiger partial charge is 0.497 e. The van der Waals surface area contributed by atoms with E-state index < -0.39 is 0 Å². The normalized spacial score (nSPS) is 20.9. The molecule has 0 radical (unpaired) electrons. The molecule has 9 heteroatoms. The summed E-state index contributed by atoms with van der Waals surface area (Å²) in [7, 11) is 6.86. The number of benzene rings is 2. The van der Waals surface area contributed by atoms with Crippen LogP contribution in [0.3, 0.4) is 0 Å². The van der Waals surface area contributed by atoms with Crippen molar-refractivity contribution in [2.45, 2.75) is 63.9 Å². The summed E-state index contributed by atoms with van der Waals surface area (Å²) in [5, 5.41) is 3.71. The zero-order valence-electron chi connectivity index (χ0n) is 26.1. The number of ether oxygens (including phenoxy) is 5. The zero-order chi connectivity index (χ0) is 30.1. The second-order valence-corrected chi connectivity index (χ2v) is 11.9. The lowest BCUT2D eigenvalue weighted by Gasteiger charge is -2.39. The fraction of sp³-hybridized carbons (Fsp3) is 0.606. The van der Waals surface area contributed by atoms with E-state index in [9.17, 15) is 4.79 Å². The molecule has 2 aliphatic rings. The minimum Gasteiger partial charge on any atom is -0.497 e. The fourth-order valence-electron chi connectivity index (χ4n) is 5.74. The van der Waals surface area contributed by atoms with Crippen LogP contribution in [0.1, 0.15) is 50.2 Å². The van der Waals surface area contributed by atoms with Gasteiger partial charge in [-0.25, -0.2) is 4.79 Å². The second-order valence-electron chi connectivity index (χ2n) is 11.9. The predicted molar refractivity (Wildman–Crippen MR) is 165 cm³/mol. The van der Waals surface area contributed by atoms with Crippen molar-refractivity contribution in [2.24, 2.45) is 5.92 Å². The van der Waals surface area contributed by atoms with Crippen molar-refractivity contribution in [3.8, 4) is 11.5 Å². The van der Waals surface area contributed by atoms with Gasteiger partial charge in [-0.3, -0.25) is 0 Å². The second kappa shape index (κ2) is 15.5. The number of anilines is 1. The highest BCUT2D eigenvalue weighted by Gasteiger charge is 2.35. The number of hydrogen-bond acceptors (Lipinski definition) is 8. The van der Waals surface area contributed by atoms with Gasteiger partial charge in [-0.2, -0.15) is 0 Å². The van der Waals surface area contributed by atoms with Crippen LogP contribution in [0.4, 0.5) is 10.5 Å². The highest BCUT2D eigenvalue weighted by molar-refractivity contribution is 5.67. The molecule has 2 aliphatic heterocycles. The number of fused-ring (bicyclic) bond motifs is 1. The molecule has 42 heavy (non-hydrogen) atoms. The maximum atomic E-state index is 12.3. The third-order valence-corrected chi connectivity index (χ3v) is 8.24. The minimum absolute atomic E-state index is 0.0124. The van der Waals surface area contributed by atoms with Crippen LogP contribution < -0.4 is 19.7 Å². The average Bonchev–Trinajstić information content (AvgIpc) is 3.00. The van der Waals surface area contributed by atoms with Gasteiger partial charge in [-0.15, -0.1) is 0 Å². The van der Waals surface area contributed by atoms with E-state index in [4.69, 9.17) is 23.7 Å². The van der Waals surface area contributed by atoms with Gasteiger partial charge in [-0.1, -0.05) is 32.0 Å². The Morgan fingerprint density at radius 2 is 1.93 bits per heavy atom. The predicted octanol–water partition coefficient (Wildman–Crippen LogP) is 5.07. The van der Waals surface area contributed by atoms with Gasteiger partial charge in [0.2, 0.25) is 0 Å².